The van der Waals surface area contributed by atoms with Crippen LogP contribution in [-0.2, 0) is 10.5 Å². The van der Waals surface area contributed by atoms with Crippen LogP contribution in [-0.4, -0.2) is 18.2 Å². The Morgan fingerprint density at radius 1 is 1.13 bits per heavy atom. The average molecular weight is 325 g/mol. The number of carbonyl (C=O) groups is 1. The fourth-order valence-electron chi connectivity index (χ4n) is 2.08. The number of benzene rings is 2. The van der Waals surface area contributed by atoms with Crippen molar-refractivity contribution >= 4 is 17.7 Å². The summed E-state index contributed by atoms with van der Waals surface area (Å²) in [5.41, 5.74) is 2.17. The monoisotopic (exact) mass is 325 g/mol. The van der Waals surface area contributed by atoms with Gasteiger partial charge in [0, 0.05) is 16.5 Å². The molecule has 1 heterocycles. The smallest absolute Gasteiger partial charge is 0.337 e. The van der Waals surface area contributed by atoms with E-state index in [2.05, 4.69) is 22.0 Å². The van der Waals surface area contributed by atoms with Crippen molar-refractivity contribution in [2.45, 2.75) is 10.6 Å². The fraction of sp³-hybridized carbons (Fsp3) is 0.111. The predicted molar refractivity (Wildman–Crippen MR) is 89.3 cm³/mol. The summed E-state index contributed by atoms with van der Waals surface area (Å²) in [4.78, 5) is 12.6. The standard InChI is InChI=1S/C18H15NO3S/c1-21-18(20)14-9-7-13(8-10-14)17-11-15(22-19-17)12-23-16-5-3-2-4-6-16/h2-11H,12H2,1H3. The van der Waals surface area contributed by atoms with E-state index in [0.29, 0.717) is 5.56 Å². The largest absolute Gasteiger partial charge is 0.465 e. The Morgan fingerprint density at radius 2 is 1.87 bits per heavy atom. The van der Waals surface area contributed by atoms with Gasteiger partial charge >= 0.3 is 5.97 Å². The molecule has 0 bridgehead atoms. The summed E-state index contributed by atoms with van der Waals surface area (Å²) in [7, 11) is 1.37. The number of nitrogens with zero attached hydrogens (tertiary/aromatic N) is 1. The first-order valence-corrected chi connectivity index (χ1v) is 8.07. The van der Waals surface area contributed by atoms with Crippen molar-refractivity contribution in [3.8, 4) is 11.3 Å². The van der Waals surface area contributed by atoms with Crippen LogP contribution in [0.4, 0.5) is 0 Å². The highest BCUT2D eigenvalue weighted by molar-refractivity contribution is 7.98. The average Bonchev–Trinajstić information content (AvgIpc) is 3.09. The van der Waals surface area contributed by atoms with Crippen LogP contribution in [0.1, 0.15) is 16.1 Å². The zero-order valence-corrected chi connectivity index (χ0v) is 13.4. The van der Waals surface area contributed by atoms with Crippen molar-refractivity contribution in [2.24, 2.45) is 0 Å². The second kappa shape index (κ2) is 7.15. The molecule has 0 aliphatic carbocycles. The maximum absolute atomic E-state index is 11.4. The number of rotatable bonds is 5. The molecule has 3 rings (SSSR count). The molecule has 0 spiro atoms. The van der Waals surface area contributed by atoms with Gasteiger partial charge in [0.1, 0.15) is 11.5 Å². The second-order valence-corrected chi connectivity index (χ2v) is 5.90. The van der Waals surface area contributed by atoms with E-state index in [4.69, 9.17) is 4.52 Å². The van der Waals surface area contributed by atoms with Gasteiger partial charge in [0.15, 0.2) is 0 Å². The lowest BCUT2D eigenvalue weighted by atomic mass is 10.1. The molecule has 0 amide bonds. The molecule has 5 heteroatoms. The third-order valence-corrected chi connectivity index (χ3v) is 4.32. The van der Waals surface area contributed by atoms with Crippen molar-refractivity contribution in [3.05, 3.63) is 72.0 Å². The summed E-state index contributed by atoms with van der Waals surface area (Å²) in [6.45, 7) is 0. The maximum atomic E-state index is 11.4. The number of methoxy groups -OCH3 is 1. The minimum Gasteiger partial charge on any atom is -0.465 e. The van der Waals surface area contributed by atoms with Crippen molar-refractivity contribution in [2.75, 3.05) is 7.11 Å². The highest BCUT2D eigenvalue weighted by atomic mass is 32.2. The van der Waals surface area contributed by atoms with Crippen molar-refractivity contribution in [3.63, 3.8) is 0 Å². The highest BCUT2D eigenvalue weighted by Crippen LogP contribution is 2.25. The van der Waals surface area contributed by atoms with E-state index < -0.39 is 0 Å². The summed E-state index contributed by atoms with van der Waals surface area (Å²) in [6, 6.07) is 19.2. The number of ether oxygens (including phenoxy) is 1. The van der Waals surface area contributed by atoms with Crippen LogP contribution < -0.4 is 0 Å². The van der Waals surface area contributed by atoms with Gasteiger partial charge in [-0.05, 0) is 24.3 Å². The zero-order chi connectivity index (χ0) is 16.1. The Morgan fingerprint density at radius 3 is 2.57 bits per heavy atom. The summed E-state index contributed by atoms with van der Waals surface area (Å²) in [6.07, 6.45) is 0. The first-order chi connectivity index (χ1) is 11.3. The lowest BCUT2D eigenvalue weighted by molar-refractivity contribution is 0.0601. The van der Waals surface area contributed by atoms with E-state index in [0.717, 1.165) is 22.8 Å². The molecule has 0 atom stereocenters. The summed E-state index contributed by atoms with van der Waals surface area (Å²) in [5, 5.41) is 4.09. The fourth-order valence-corrected chi connectivity index (χ4v) is 2.88. The van der Waals surface area contributed by atoms with Gasteiger partial charge in [0.25, 0.3) is 0 Å². The predicted octanol–water partition coefficient (Wildman–Crippen LogP) is 4.42. The second-order valence-electron chi connectivity index (χ2n) is 4.85. The van der Waals surface area contributed by atoms with Crippen LogP contribution in [0.25, 0.3) is 11.3 Å². The maximum Gasteiger partial charge on any atom is 0.337 e. The summed E-state index contributed by atoms with van der Waals surface area (Å²) >= 11 is 1.70. The number of hydrogen-bond donors (Lipinski definition) is 0. The minimum absolute atomic E-state index is 0.350. The van der Waals surface area contributed by atoms with Crippen LogP contribution in [0.5, 0.6) is 0 Å². The van der Waals surface area contributed by atoms with Crippen molar-refractivity contribution in [1.29, 1.82) is 0 Å². The van der Waals surface area contributed by atoms with Gasteiger partial charge < -0.3 is 9.26 Å². The van der Waals surface area contributed by atoms with Gasteiger partial charge in [-0.1, -0.05) is 35.5 Å². The molecule has 2 aromatic carbocycles. The number of thioether (sulfide) groups is 1. The molecule has 3 aromatic rings. The first kappa shape index (κ1) is 15.4. The van der Waals surface area contributed by atoms with E-state index >= 15 is 0 Å². The van der Waals surface area contributed by atoms with Crippen LogP contribution in [0.15, 0.2) is 70.1 Å². The minimum atomic E-state index is -0.350. The molecular weight excluding hydrogens is 310 g/mol. The van der Waals surface area contributed by atoms with Crippen LogP contribution >= 0.6 is 11.8 Å². The van der Waals surface area contributed by atoms with E-state index in [1.807, 2.05) is 36.4 Å². The quantitative estimate of drug-likeness (QED) is 0.513. The molecule has 0 aliphatic heterocycles. The number of esters is 1. The first-order valence-electron chi connectivity index (χ1n) is 7.08. The summed E-state index contributed by atoms with van der Waals surface area (Å²) in [5.74, 6) is 1.18. The molecule has 0 unspecified atom stereocenters. The molecule has 0 fully saturated rings. The third-order valence-electron chi connectivity index (χ3n) is 3.29. The number of carbonyl (C=O) groups excluding carboxylic acids is 1. The van der Waals surface area contributed by atoms with E-state index in [1.54, 1.807) is 23.9 Å². The van der Waals surface area contributed by atoms with E-state index in [9.17, 15) is 4.79 Å². The van der Waals surface area contributed by atoms with Crippen LogP contribution in [0.3, 0.4) is 0 Å². The molecule has 116 valence electrons. The van der Waals surface area contributed by atoms with Gasteiger partial charge in [-0.2, -0.15) is 0 Å². The van der Waals surface area contributed by atoms with Crippen LogP contribution in [0, 0.1) is 0 Å². The molecule has 0 N–H and O–H groups in total. The lowest BCUT2D eigenvalue weighted by Crippen LogP contribution is -2.00. The Labute approximate surface area is 138 Å². The topological polar surface area (TPSA) is 52.3 Å². The van der Waals surface area contributed by atoms with Gasteiger partial charge in [-0.3, -0.25) is 0 Å². The molecule has 23 heavy (non-hydrogen) atoms. The molecule has 0 saturated heterocycles. The third kappa shape index (κ3) is 3.81. The Hall–Kier alpha value is -2.53. The van der Waals surface area contributed by atoms with Crippen molar-refractivity contribution in [1.82, 2.24) is 5.16 Å². The Balaban J connectivity index is 1.68. The Kier molecular flexibility index (Phi) is 4.78. The SMILES string of the molecule is COC(=O)c1ccc(-c2cc(CSc3ccccc3)on2)cc1. The number of hydrogen-bond acceptors (Lipinski definition) is 5. The van der Waals surface area contributed by atoms with Gasteiger partial charge in [0.05, 0.1) is 18.4 Å². The van der Waals surface area contributed by atoms with E-state index in [-0.39, 0.29) is 5.97 Å². The Bertz CT molecular complexity index is 782. The molecule has 4 nitrogen and oxygen atoms in total. The molecule has 0 aliphatic rings. The van der Waals surface area contributed by atoms with Gasteiger partial charge in [-0.15, -0.1) is 11.8 Å². The van der Waals surface area contributed by atoms with Crippen molar-refractivity contribution < 1.29 is 14.1 Å². The van der Waals surface area contributed by atoms with Crippen LogP contribution in [0.2, 0.25) is 0 Å². The molecule has 0 radical (unpaired) electrons. The number of aromatic nitrogens is 1. The van der Waals surface area contributed by atoms with Gasteiger partial charge in [0.2, 0.25) is 0 Å². The molecule has 1 aromatic heterocycles. The molecular formula is C18H15NO3S. The summed E-state index contributed by atoms with van der Waals surface area (Å²) < 4.78 is 10.1. The zero-order valence-electron chi connectivity index (χ0n) is 12.6. The van der Waals surface area contributed by atoms with E-state index in [1.165, 1.54) is 12.0 Å². The highest BCUT2D eigenvalue weighted by Gasteiger charge is 2.09. The normalized spacial score (nSPS) is 10.5. The van der Waals surface area contributed by atoms with Gasteiger partial charge in [-0.25, -0.2) is 4.79 Å². The lowest BCUT2D eigenvalue weighted by Gasteiger charge is -1.99. The molecule has 0 saturated carbocycles.